The number of amides is 1. The number of nitrogens with zero attached hydrogens (tertiary/aromatic N) is 1. The quantitative estimate of drug-likeness (QED) is 0.883. The maximum atomic E-state index is 12.2. The van der Waals surface area contributed by atoms with Gasteiger partial charge in [0.05, 0.1) is 30.7 Å². The van der Waals surface area contributed by atoms with Gasteiger partial charge in [-0.2, -0.15) is 5.26 Å². The van der Waals surface area contributed by atoms with E-state index in [1.54, 1.807) is 0 Å². The Balaban J connectivity index is 2.26. The molecule has 1 amide bonds. The highest BCUT2D eigenvalue weighted by Crippen LogP contribution is 2.27. The minimum atomic E-state index is -4.05. The minimum Gasteiger partial charge on any atom is -0.493 e. The number of hydrogen-bond donors (Lipinski definition) is 1. The number of sulfonamides is 1. The molecule has 124 valence electrons. The molecule has 0 atom stereocenters. The van der Waals surface area contributed by atoms with Crippen LogP contribution in [0.25, 0.3) is 0 Å². The van der Waals surface area contributed by atoms with Crippen molar-refractivity contribution in [1.29, 1.82) is 5.26 Å². The summed E-state index contributed by atoms with van der Waals surface area (Å²) in [4.78, 5) is 12.1. The van der Waals surface area contributed by atoms with E-state index < -0.39 is 15.9 Å². The number of rotatable bonds is 5. The molecule has 7 nitrogen and oxygen atoms in total. The van der Waals surface area contributed by atoms with Crippen molar-refractivity contribution < 1.29 is 22.7 Å². The zero-order valence-electron chi connectivity index (χ0n) is 12.9. The third kappa shape index (κ3) is 3.64. The molecule has 0 aromatic heterocycles. The van der Waals surface area contributed by atoms with Crippen molar-refractivity contribution in [2.24, 2.45) is 0 Å². The molecule has 0 spiro atoms. The van der Waals surface area contributed by atoms with Gasteiger partial charge in [-0.3, -0.25) is 4.79 Å². The summed E-state index contributed by atoms with van der Waals surface area (Å²) < 4.78 is 36.6. The van der Waals surface area contributed by atoms with Crippen LogP contribution in [0.3, 0.4) is 0 Å². The monoisotopic (exact) mass is 346 g/mol. The third-order valence-corrected chi connectivity index (χ3v) is 4.51. The van der Waals surface area contributed by atoms with Gasteiger partial charge in [0.2, 0.25) is 0 Å². The van der Waals surface area contributed by atoms with Gasteiger partial charge < -0.3 is 9.47 Å². The van der Waals surface area contributed by atoms with Crippen LogP contribution in [-0.4, -0.2) is 28.5 Å². The first-order chi connectivity index (χ1) is 11.4. The number of methoxy groups -OCH3 is 2. The van der Waals surface area contributed by atoms with Crippen LogP contribution >= 0.6 is 0 Å². The summed E-state index contributed by atoms with van der Waals surface area (Å²) in [7, 11) is -1.19. The third-order valence-electron chi connectivity index (χ3n) is 3.17. The van der Waals surface area contributed by atoms with Crippen LogP contribution in [0.1, 0.15) is 15.9 Å². The highest BCUT2D eigenvalue weighted by Gasteiger charge is 2.19. The maximum absolute atomic E-state index is 12.2. The van der Waals surface area contributed by atoms with Crippen molar-refractivity contribution in [2.45, 2.75) is 4.90 Å². The average molecular weight is 346 g/mol. The fourth-order valence-electron chi connectivity index (χ4n) is 1.93. The summed E-state index contributed by atoms with van der Waals surface area (Å²) in [6, 6.07) is 11.4. The molecule has 0 fully saturated rings. The van der Waals surface area contributed by atoms with Crippen LogP contribution < -0.4 is 14.2 Å². The number of carbonyl (C=O) groups excluding carboxylic acids is 1. The largest absolute Gasteiger partial charge is 0.493 e. The summed E-state index contributed by atoms with van der Waals surface area (Å²) in [6.45, 7) is 0. The lowest BCUT2D eigenvalue weighted by Gasteiger charge is -2.10. The first-order valence-corrected chi connectivity index (χ1v) is 8.19. The number of hydrogen-bond acceptors (Lipinski definition) is 6. The van der Waals surface area contributed by atoms with Gasteiger partial charge >= 0.3 is 0 Å². The van der Waals surface area contributed by atoms with Crippen molar-refractivity contribution in [3.05, 3.63) is 53.6 Å². The van der Waals surface area contributed by atoms with E-state index >= 15 is 0 Å². The molecule has 0 heterocycles. The Morgan fingerprint density at radius 2 is 1.67 bits per heavy atom. The van der Waals surface area contributed by atoms with E-state index in [2.05, 4.69) is 0 Å². The molecule has 0 bridgehead atoms. The molecule has 0 saturated carbocycles. The predicted molar refractivity (Wildman–Crippen MR) is 85.4 cm³/mol. The number of nitrogens with one attached hydrogen (secondary N) is 1. The SMILES string of the molecule is COc1ccc(C(=O)NS(=O)(=O)c2ccc(C#N)cc2)cc1OC. The first kappa shape index (κ1) is 17.3. The topological polar surface area (TPSA) is 105 Å². The highest BCUT2D eigenvalue weighted by molar-refractivity contribution is 7.90. The fourth-order valence-corrected chi connectivity index (χ4v) is 2.90. The lowest BCUT2D eigenvalue weighted by Crippen LogP contribution is -2.30. The summed E-state index contributed by atoms with van der Waals surface area (Å²) in [5.41, 5.74) is 0.421. The second kappa shape index (κ2) is 7.02. The molecule has 0 aliphatic heterocycles. The van der Waals surface area contributed by atoms with E-state index in [1.807, 2.05) is 10.8 Å². The number of nitriles is 1. The van der Waals surface area contributed by atoms with Gasteiger partial charge in [0, 0.05) is 5.56 Å². The summed E-state index contributed by atoms with van der Waals surface area (Å²) >= 11 is 0. The molecule has 0 aliphatic carbocycles. The second-order valence-corrected chi connectivity index (χ2v) is 6.32. The van der Waals surface area contributed by atoms with Gasteiger partial charge in [0.15, 0.2) is 11.5 Å². The van der Waals surface area contributed by atoms with Crippen molar-refractivity contribution >= 4 is 15.9 Å². The fraction of sp³-hybridized carbons (Fsp3) is 0.125. The zero-order chi connectivity index (χ0) is 17.7. The van der Waals surface area contributed by atoms with Crippen molar-refractivity contribution in [2.75, 3.05) is 14.2 Å². The van der Waals surface area contributed by atoms with Crippen LogP contribution in [0.4, 0.5) is 0 Å². The summed E-state index contributed by atoms with van der Waals surface area (Å²) in [6.07, 6.45) is 0. The lowest BCUT2D eigenvalue weighted by molar-refractivity contribution is 0.0981. The molecule has 0 saturated heterocycles. The Labute approximate surface area is 139 Å². The Morgan fingerprint density at radius 1 is 1.04 bits per heavy atom. The first-order valence-electron chi connectivity index (χ1n) is 6.70. The van der Waals surface area contributed by atoms with Gasteiger partial charge in [0.1, 0.15) is 0 Å². The molecular weight excluding hydrogens is 332 g/mol. The molecular formula is C16H14N2O5S. The molecule has 24 heavy (non-hydrogen) atoms. The molecule has 0 aliphatic rings. The van der Waals surface area contributed by atoms with Crippen molar-refractivity contribution in [1.82, 2.24) is 4.72 Å². The average Bonchev–Trinajstić information content (AvgIpc) is 2.60. The molecule has 0 radical (unpaired) electrons. The van der Waals surface area contributed by atoms with Crippen LogP contribution in [0, 0.1) is 11.3 Å². The molecule has 2 rings (SSSR count). The normalized spacial score (nSPS) is 10.5. The summed E-state index contributed by atoms with van der Waals surface area (Å²) in [5.74, 6) is -0.0785. The Bertz CT molecular complexity index is 899. The summed E-state index contributed by atoms with van der Waals surface area (Å²) in [5, 5.41) is 8.73. The van der Waals surface area contributed by atoms with E-state index in [0.29, 0.717) is 17.1 Å². The maximum Gasteiger partial charge on any atom is 0.265 e. The zero-order valence-corrected chi connectivity index (χ0v) is 13.8. The van der Waals surface area contributed by atoms with Gasteiger partial charge in [-0.15, -0.1) is 0 Å². The molecule has 8 heteroatoms. The Kier molecular flexibility index (Phi) is 5.06. The van der Waals surface area contributed by atoms with E-state index in [-0.39, 0.29) is 10.5 Å². The van der Waals surface area contributed by atoms with E-state index in [4.69, 9.17) is 14.7 Å². The van der Waals surface area contributed by atoms with Gasteiger partial charge in [-0.05, 0) is 42.5 Å². The molecule has 0 unspecified atom stereocenters. The smallest absolute Gasteiger partial charge is 0.265 e. The van der Waals surface area contributed by atoms with Crippen LogP contribution in [0.15, 0.2) is 47.4 Å². The van der Waals surface area contributed by atoms with Crippen LogP contribution in [-0.2, 0) is 10.0 Å². The van der Waals surface area contributed by atoms with Crippen LogP contribution in [0.5, 0.6) is 11.5 Å². The van der Waals surface area contributed by atoms with E-state index in [0.717, 1.165) is 0 Å². The van der Waals surface area contributed by atoms with Gasteiger partial charge in [-0.25, -0.2) is 13.1 Å². The number of carbonyl (C=O) groups is 1. The van der Waals surface area contributed by atoms with Crippen molar-refractivity contribution in [3.8, 4) is 17.6 Å². The van der Waals surface area contributed by atoms with Crippen LogP contribution in [0.2, 0.25) is 0 Å². The highest BCUT2D eigenvalue weighted by atomic mass is 32.2. The van der Waals surface area contributed by atoms with Gasteiger partial charge in [0.25, 0.3) is 15.9 Å². The van der Waals surface area contributed by atoms with E-state index in [1.165, 1.54) is 56.7 Å². The molecule has 2 aromatic carbocycles. The second-order valence-electron chi connectivity index (χ2n) is 4.64. The van der Waals surface area contributed by atoms with Crippen molar-refractivity contribution in [3.63, 3.8) is 0 Å². The minimum absolute atomic E-state index is 0.102. The molecule has 1 N–H and O–H groups in total. The lowest BCUT2D eigenvalue weighted by atomic mass is 10.2. The number of ether oxygens (including phenoxy) is 2. The predicted octanol–water partition coefficient (Wildman–Crippen LogP) is 1.69. The van der Waals surface area contributed by atoms with E-state index in [9.17, 15) is 13.2 Å². The Morgan fingerprint density at radius 3 is 2.21 bits per heavy atom. The number of benzene rings is 2. The standard InChI is InChI=1S/C16H14N2O5S/c1-22-14-8-5-12(9-15(14)23-2)16(19)18-24(20,21)13-6-3-11(10-17)4-7-13/h3-9H,1-2H3,(H,18,19). The van der Waals surface area contributed by atoms with Gasteiger partial charge in [-0.1, -0.05) is 0 Å². The molecule has 2 aromatic rings. The Hall–Kier alpha value is -3.05.